The fraction of sp³-hybridized carbons (Fsp3) is 0.667. The van der Waals surface area contributed by atoms with Gasteiger partial charge < -0.3 is 5.73 Å². The Morgan fingerprint density at radius 1 is 1.80 bits per heavy atom. The standard InChI is InChI=1S/C3H7N5S.ClH/c1-2(4)8-3(9)5-6-7-8;/h2H,4H2,1H3,(H,5,7,9);1H. The summed E-state index contributed by atoms with van der Waals surface area (Å²) in [5.41, 5.74) is 5.44. The Balaban J connectivity index is 0.000000810. The molecule has 58 valence electrons. The van der Waals surface area contributed by atoms with Crippen LogP contribution in [0.2, 0.25) is 0 Å². The van der Waals surface area contributed by atoms with E-state index in [9.17, 15) is 0 Å². The Hall–Kier alpha value is -0.460. The van der Waals surface area contributed by atoms with E-state index < -0.39 is 0 Å². The van der Waals surface area contributed by atoms with Crippen LogP contribution >= 0.6 is 24.6 Å². The first-order chi connectivity index (χ1) is 4.22. The summed E-state index contributed by atoms with van der Waals surface area (Å²) in [7, 11) is 0. The Bertz CT molecular complexity index is 239. The first kappa shape index (κ1) is 9.54. The van der Waals surface area contributed by atoms with Gasteiger partial charge in [-0.25, -0.2) is 4.68 Å². The summed E-state index contributed by atoms with van der Waals surface area (Å²) in [4.78, 5) is 0. The number of H-pyrrole nitrogens is 1. The van der Waals surface area contributed by atoms with Gasteiger partial charge in [0.25, 0.3) is 0 Å². The number of hydrogen-bond donors (Lipinski definition) is 2. The number of rotatable bonds is 1. The van der Waals surface area contributed by atoms with Gasteiger partial charge in [0.2, 0.25) is 4.77 Å². The van der Waals surface area contributed by atoms with E-state index in [4.69, 9.17) is 18.0 Å². The van der Waals surface area contributed by atoms with Crippen molar-refractivity contribution >= 4 is 24.6 Å². The quantitative estimate of drug-likeness (QED) is 0.609. The number of nitrogens with one attached hydrogen (secondary N) is 1. The van der Waals surface area contributed by atoms with Crippen LogP contribution in [0, 0.1) is 4.77 Å². The van der Waals surface area contributed by atoms with Crippen LogP contribution < -0.4 is 5.73 Å². The minimum absolute atomic E-state index is 0. The third-order valence-corrected chi connectivity index (χ3v) is 1.18. The lowest BCUT2D eigenvalue weighted by atomic mass is 10.6. The van der Waals surface area contributed by atoms with Crippen molar-refractivity contribution in [3.05, 3.63) is 4.77 Å². The van der Waals surface area contributed by atoms with E-state index in [-0.39, 0.29) is 18.6 Å². The molecule has 1 aromatic rings. The summed E-state index contributed by atoms with van der Waals surface area (Å²) in [6.45, 7) is 1.79. The largest absolute Gasteiger partial charge is 0.310 e. The van der Waals surface area contributed by atoms with E-state index >= 15 is 0 Å². The highest BCUT2D eigenvalue weighted by molar-refractivity contribution is 7.71. The molecular formula is C3H8ClN5S. The summed E-state index contributed by atoms with van der Waals surface area (Å²) in [5.74, 6) is 0. The van der Waals surface area contributed by atoms with Crippen LogP contribution in [-0.4, -0.2) is 20.2 Å². The van der Waals surface area contributed by atoms with Gasteiger partial charge in [-0.1, -0.05) is 10.3 Å². The average molecular weight is 182 g/mol. The summed E-state index contributed by atoms with van der Waals surface area (Å²) < 4.78 is 1.88. The van der Waals surface area contributed by atoms with Crippen molar-refractivity contribution < 1.29 is 0 Å². The number of aromatic nitrogens is 4. The molecule has 3 N–H and O–H groups in total. The number of halogens is 1. The van der Waals surface area contributed by atoms with Crippen molar-refractivity contribution in [3.63, 3.8) is 0 Å². The summed E-state index contributed by atoms with van der Waals surface area (Å²) >= 11 is 4.74. The second-order valence-electron chi connectivity index (χ2n) is 1.69. The van der Waals surface area contributed by atoms with Gasteiger partial charge in [-0.05, 0) is 19.1 Å². The first-order valence-electron chi connectivity index (χ1n) is 2.47. The molecule has 1 rings (SSSR count). The van der Waals surface area contributed by atoms with E-state index in [1.54, 1.807) is 6.92 Å². The predicted octanol–water partition coefficient (Wildman–Crippen LogP) is 0.235. The lowest BCUT2D eigenvalue weighted by Gasteiger charge is -2.01. The summed E-state index contributed by atoms with van der Waals surface area (Å²) in [5, 5.41) is 9.51. The zero-order chi connectivity index (χ0) is 6.85. The molecule has 7 heteroatoms. The molecule has 1 heterocycles. The maximum Gasteiger partial charge on any atom is 0.239 e. The zero-order valence-electron chi connectivity index (χ0n) is 5.31. The average Bonchev–Trinajstić information content (AvgIpc) is 2.13. The van der Waals surface area contributed by atoms with Gasteiger partial charge in [-0.3, -0.25) is 0 Å². The van der Waals surface area contributed by atoms with Crippen LogP contribution in [0.4, 0.5) is 0 Å². The molecule has 0 saturated heterocycles. The third kappa shape index (κ3) is 1.76. The maximum absolute atomic E-state index is 5.44. The topological polar surface area (TPSA) is 72.5 Å². The van der Waals surface area contributed by atoms with Crippen molar-refractivity contribution in [2.45, 2.75) is 13.1 Å². The Morgan fingerprint density at radius 3 is 2.60 bits per heavy atom. The molecule has 1 aromatic heterocycles. The number of nitrogens with zero attached hydrogens (tertiary/aromatic N) is 3. The van der Waals surface area contributed by atoms with E-state index in [1.165, 1.54) is 4.68 Å². The smallest absolute Gasteiger partial charge is 0.239 e. The van der Waals surface area contributed by atoms with Crippen LogP contribution in [0.5, 0.6) is 0 Å². The molecule has 0 aromatic carbocycles. The van der Waals surface area contributed by atoms with Crippen LogP contribution in [0.25, 0.3) is 0 Å². The molecule has 0 bridgehead atoms. The highest BCUT2D eigenvalue weighted by Crippen LogP contribution is 1.90. The van der Waals surface area contributed by atoms with E-state index in [0.29, 0.717) is 4.77 Å². The minimum Gasteiger partial charge on any atom is -0.310 e. The van der Waals surface area contributed by atoms with Crippen molar-refractivity contribution in [3.8, 4) is 0 Å². The van der Waals surface area contributed by atoms with Crippen LogP contribution in [0.3, 0.4) is 0 Å². The van der Waals surface area contributed by atoms with Crippen molar-refractivity contribution in [1.82, 2.24) is 20.2 Å². The van der Waals surface area contributed by atoms with Crippen molar-refractivity contribution in [2.75, 3.05) is 0 Å². The summed E-state index contributed by atoms with van der Waals surface area (Å²) in [6, 6.07) is 0. The Labute approximate surface area is 69.0 Å². The molecule has 0 aliphatic carbocycles. The molecule has 0 saturated carbocycles. The van der Waals surface area contributed by atoms with E-state index in [2.05, 4.69) is 15.5 Å². The van der Waals surface area contributed by atoms with Gasteiger partial charge in [0.1, 0.15) is 0 Å². The molecule has 10 heavy (non-hydrogen) atoms. The van der Waals surface area contributed by atoms with Crippen molar-refractivity contribution in [2.24, 2.45) is 5.73 Å². The second kappa shape index (κ2) is 3.65. The molecule has 0 spiro atoms. The van der Waals surface area contributed by atoms with Crippen LogP contribution in [0.15, 0.2) is 0 Å². The number of hydrogen-bond acceptors (Lipinski definition) is 4. The van der Waals surface area contributed by atoms with Gasteiger partial charge >= 0.3 is 0 Å². The van der Waals surface area contributed by atoms with Gasteiger partial charge in [-0.15, -0.1) is 12.4 Å². The lowest BCUT2D eigenvalue weighted by molar-refractivity contribution is 0.488. The fourth-order valence-corrected chi connectivity index (χ4v) is 0.717. The summed E-state index contributed by atoms with van der Waals surface area (Å²) in [6.07, 6.45) is -0.188. The number of tetrazole rings is 1. The second-order valence-corrected chi connectivity index (χ2v) is 2.06. The highest BCUT2D eigenvalue weighted by Gasteiger charge is 1.97. The van der Waals surface area contributed by atoms with Crippen LogP contribution in [0.1, 0.15) is 13.1 Å². The number of nitrogens with two attached hydrogens (primary N) is 1. The van der Waals surface area contributed by atoms with Gasteiger partial charge in [0.15, 0.2) is 0 Å². The molecule has 0 aliphatic heterocycles. The van der Waals surface area contributed by atoms with E-state index in [0.717, 1.165) is 0 Å². The molecule has 1 atom stereocenters. The molecule has 0 amide bonds. The Morgan fingerprint density at radius 2 is 2.40 bits per heavy atom. The van der Waals surface area contributed by atoms with Gasteiger partial charge in [-0.2, -0.15) is 5.21 Å². The van der Waals surface area contributed by atoms with Crippen LogP contribution in [-0.2, 0) is 0 Å². The molecule has 0 fully saturated rings. The first-order valence-corrected chi connectivity index (χ1v) is 2.88. The Kier molecular flexibility index (Phi) is 3.48. The monoisotopic (exact) mass is 181 g/mol. The molecular weight excluding hydrogens is 174 g/mol. The molecule has 1 unspecified atom stereocenters. The fourth-order valence-electron chi connectivity index (χ4n) is 0.470. The SMILES string of the molecule is CC(N)n1[nH]nnc1=S.Cl. The normalized spacial score (nSPS) is 12.2. The number of aromatic amines is 1. The highest BCUT2D eigenvalue weighted by atomic mass is 35.5. The molecule has 5 nitrogen and oxygen atoms in total. The maximum atomic E-state index is 5.44. The minimum atomic E-state index is -0.188. The van der Waals surface area contributed by atoms with Gasteiger partial charge in [0.05, 0.1) is 6.17 Å². The van der Waals surface area contributed by atoms with Gasteiger partial charge in [0, 0.05) is 0 Å². The zero-order valence-corrected chi connectivity index (χ0v) is 6.95. The molecule has 0 radical (unpaired) electrons. The lowest BCUT2D eigenvalue weighted by Crippen LogP contribution is -2.15. The van der Waals surface area contributed by atoms with Crippen molar-refractivity contribution in [1.29, 1.82) is 0 Å². The molecule has 0 aliphatic rings. The van der Waals surface area contributed by atoms with E-state index in [1.807, 2.05) is 0 Å². The predicted molar refractivity (Wildman–Crippen MR) is 41.4 cm³/mol. The third-order valence-electron chi connectivity index (χ3n) is 0.901.